The number of allylic oxidation sites excluding steroid dienone is 3. The summed E-state index contributed by atoms with van der Waals surface area (Å²) in [6, 6.07) is 8.32. The summed E-state index contributed by atoms with van der Waals surface area (Å²) >= 11 is 6.08. The van der Waals surface area contributed by atoms with Gasteiger partial charge in [-0.15, -0.1) is 0 Å². The third-order valence-electron chi connectivity index (χ3n) is 3.45. The molecule has 1 aromatic carbocycles. The first-order valence-electron chi connectivity index (χ1n) is 6.42. The summed E-state index contributed by atoms with van der Waals surface area (Å²) < 4.78 is 0. The van der Waals surface area contributed by atoms with E-state index in [1.165, 1.54) is 16.5 Å². The van der Waals surface area contributed by atoms with Gasteiger partial charge < -0.3 is 4.98 Å². The largest absolute Gasteiger partial charge is 0.361 e. The summed E-state index contributed by atoms with van der Waals surface area (Å²) in [5, 5.41) is 1.91. The SMILES string of the molecule is CC1C/C=C(c2c[nH]c3ccccc23)/C=C\N=C1Cl. The maximum absolute atomic E-state index is 6.08. The summed E-state index contributed by atoms with van der Waals surface area (Å²) in [5.74, 6) is 0.270. The van der Waals surface area contributed by atoms with Crippen molar-refractivity contribution in [2.75, 3.05) is 0 Å². The van der Waals surface area contributed by atoms with E-state index in [9.17, 15) is 0 Å². The minimum absolute atomic E-state index is 0.270. The van der Waals surface area contributed by atoms with Gasteiger partial charge in [0.15, 0.2) is 0 Å². The Morgan fingerprint density at radius 3 is 3.05 bits per heavy atom. The molecule has 1 aliphatic rings. The average Bonchev–Trinajstić information content (AvgIpc) is 2.84. The number of nitrogens with zero attached hydrogens (tertiary/aromatic N) is 1. The summed E-state index contributed by atoms with van der Waals surface area (Å²) in [6.07, 6.45) is 8.99. The molecule has 3 rings (SSSR count). The lowest BCUT2D eigenvalue weighted by molar-refractivity contribution is 0.801. The van der Waals surface area contributed by atoms with Crippen LogP contribution in [0.2, 0.25) is 0 Å². The molecule has 2 nitrogen and oxygen atoms in total. The van der Waals surface area contributed by atoms with Crippen LogP contribution < -0.4 is 0 Å². The van der Waals surface area contributed by atoms with Gasteiger partial charge in [0.2, 0.25) is 0 Å². The van der Waals surface area contributed by atoms with E-state index in [4.69, 9.17) is 11.6 Å². The predicted molar refractivity (Wildman–Crippen MR) is 82.5 cm³/mol. The summed E-state index contributed by atoms with van der Waals surface area (Å²) in [4.78, 5) is 7.56. The molecule has 0 amide bonds. The zero-order valence-corrected chi connectivity index (χ0v) is 11.5. The van der Waals surface area contributed by atoms with Crippen molar-refractivity contribution in [1.82, 2.24) is 4.98 Å². The Kier molecular flexibility index (Phi) is 3.26. The van der Waals surface area contributed by atoms with Gasteiger partial charge in [-0.1, -0.05) is 42.8 Å². The van der Waals surface area contributed by atoms with E-state index in [2.05, 4.69) is 47.4 Å². The number of para-hydroxylation sites is 1. The first kappa shape index (κ1) is 12.2. The molecule has 0 fully saturated rings. The minimum Gasteiger partial charge on any atom is -0.361 e. The van der Waals surface area contributed by atoms with Gasteiger partial charge in [0.1, 0.15) is 5.17 Å². The van der Waals surface area contributed by atoms with E-state index < -0.39 is 0 Å². The van der Waals surface area contributed by atoms with Crippen LogP contribution in [0.5, 0.6) is 0 Å². The van der Waals surface area contributed by atoms with Crippen LogP contribution in [0.15, 0.2) is 53.8 Å². The maximum atomic E-state index is 6.08. The molecule has 96 valence electrons. The molecule has 0 radical (unpaired) electrons. The van der Waals surface area contributed by atoms with Gasteiger partial charge in [-0.3, -0.25) is 0 Å². The maximum Gasteiger partial charge on any atom is 0.109 e. The topological polar surface area (TPSA) is 28.1 Å². The van der Waals surface area contributed by atoms with Crippen molar-refractivity contribution in [2.24, 2.45) is 10.9 Å². The number of rotatable bonds is 1. The highest BCUT2D eigenvalue weighted by Gasteiger charge is 2.11. The molecule has 2 aromatic rings. The lowest BCUT2D eigenvalue weighted by Gasteiger charge is -2.09. The molecular weight excluding hydrogens is 256 g/mol. The monoisotopic (exact) mass is 270 g/mol. The van der Waals surface area contributed by atoms with Crippen molar-refractivity contribution < 1.29 is 0 Å². The van der Waals surface area contributed by atoms with Gasteiger partial charge >= 0.3 is 0 Å². The van der Waals surface area contributed by atoms with Gasteiger partial charge in [0.25, 0.3) is 0 Å². The fourth-order valence-electron chi connectivity index (χ4n) is 2.30. The number of benzene rings is 1. The van der Waals surface area contributed by atoms with Gasteiger partial charge in [-0.25, -0.2) is 4.99 Å². The summed E-state index contributed by atoms with van der Waals surface area (Å²) in [5.41, 5.74) is 3.56. The fourth-order valence-corrected chi connectivity index (χ4v) is 2.44. The van der Waals surface area contributed by atoms with Crippen LogP contribution in [0, 0.1) is 5.92 Å². The molecule has 19 heavy (non-hydrogen) atoms. The van der Waals surface area contributed by atoms with E-state index in [1.807, 2.05) is 12.1 Å². The third kappa shape index (κ3) is 2.36. The molecular formula is C16H15ClN2. The zero-order valence-electron chi connectivity index (χ0n) is 10.7. The molecule has 0 spiro atoms. The number of aliphatic imine (C=N–C) groups is 1. The van der Waals surface area contributed by atoms with Crippen LogP contribution in [0.3, 0.4) is 0 Å². The Morgan fingerprint density at radius 2 is 2.16 bits per heavy atom. The van der Waals surface area contributed by atoms with Gasteiger partial charge in [0, 0.05) is 34.8 Å². The molecule has 1 aromatic heterocycles. The number of nitrogens with one attached hydrogen (secondary N) is 1. The van der Waals surface area contributed by atoms with Gasteiger partial charge in [-0.05, 0) is 24.1 Å². The van der Waals surface area contributed by atoms with E-state index >= 15 is 0 Å². The Morgan fingerprint density at radius 1 is 1.32 bits per heavy atom. The van der Waals surface area contributed by atoms with Crippen LogP contribution in [0.4, 0.5) is 0 Å². The zero-order chi connectivity index (χ0) is 13.2. The van der Waals surface area contributed by atoms with E-state index in [0.29, 0.717) is 5.17 Å². The van der Waals surface area contributed by atoms with Crippen LogP contribution >= 0.6 is 11.6 Å². The van der Waals surface area contributed by atoms with Crippen LogP contribution in [-0.4, -0.2) is 10.2 Å². The highest BCUT2D eigenvalue weighted by atomic mass is 35.5. The Bertz CT molecular complexity index is 692. The molecule has 1 atom stereocenters. The first-order chi connectivity index (χ1) is 9.25. The van der Waals surface area contributed by atoms with Crippen molar-refractivity contribution in [2.45, 2.75) is 13.3 Å². The Hall–Kier alpha value is -1.80. The van der Waals surface area contributed by atoms with Crippen molar-refractivity contribution in [1.29, 1.82) is 0 Å². The lowest BCUT2D eigenvalue weighted by atomic mass is 10.00. The smallest absolute Gasteiger partial charge is 0.109 e. The third-order valence-corrected chi connectivity index (χ3v) is 3.92. The van der Waals surface area contributed by atoms with Crippen LogP contribution in [-0.2, 0) is 0 Å². The first-order valence-corrected chi connectivity index (χ1v) is 6.80. The Labute approximate surface area is 117 Å². The lowest BCUT2D eigenvalue weighted by Crippen LogP contribution is -2.03. The Balaban J connectivity index is 2.06. The molecule has 3 heteroatoms. The normalized spacial score (nSPS) is 24.2. The molecule has 0 saturated heterocycles. The molecule has 1 aliphatic heterocycles. The number of hydrogen-bond donors (Lipinski definition) is 1. The molecule has 1 N–H and O–H groups in total. The molecule has 1 unspecified atom stereocenters. The number of aromatic nitrogens is 1. The van der Waals surface area contributed by atoms with Crippen molar-refractivity contribution in [3.8, 4) is 0 Å². The fraction of sp³-hybridized carbons (Fsp3) is 0.188. The molecule has 2 heterocycles. The predicted octanol–water partition coefficient (Wildman–Crippen LogP) is 4.74. The summed E-state index contributed by atoms with van der Waals surface area (Å²) in [7, 11) is 0. The van der Waals surface area contributed by atoms with Crippen molar-refractivity contribution >= 4 is 33.2 Å². The molecule has 0 aliphatic carbocycles. The van der Waals surface area contributed by atoms with E-state index in [1.54, 1.807) is 6.20 Å². The number of aromatic amines is 1. The van der Waals surface area contributed by atoms with Gasteiger partial charge in [0.05, 0.1) is 0 Å². The second kappa shape index (κ2) is 5.06. The van der Waals surface area contributed by atoms with E-state index in [-0.39, 0.29) is 5.92 Å². The number of halogens is 1. The number of fused-ring (bicyclic) bond motifs is 1. The van der Waals surface area contributed by atoms with Gasteiger partial charge in [-0.2, -0.15) is 0 Å². The van der Waals surface area contributed by atoms with Crippen LogP contribution in [0.25, 0.3) is 16.5 Å². The second-order valence-electron chi connectivity index (χ2n) is 4.81. The quantitative estimate of drug-likeness (QED) is 0.775. The van der Waals surface area contributed by atoms with Crippen molar-refractivity contribution in [3.05, 3.63) is 54.4 Å². The van der Waals surface area contributed by atoms with Crippen molar-refractivity contribution in [3.63, 3.8) is 0 Å². The molecule has 0 saturated carbocycles. The van der Waals surface area contributed by atoms with Crippen LogP contribution in [0.1, 0.15) is 18.9 Å². The second-order valence-corrected chi connectivity index (χ2v) is 5.20. The molecule has 0 bridgehead atoms. The highest BCUT2D eigenvalue weighted by molar-refractivity contribution is 6.65. The minimum atomic E-state index is 0.270. The standard InChI is InChI=1S/C16H15ClN2/c1-11-6-7-12(8-9-18-16(11)17)14-10-19-15-5-3-2-4-13(14)15/h2-5,7-11,19H,6H2,1H3/b9-8-,12-7-,18-16?. The summed E-state index contributed by atoms with van der Waals surface area (Å²) in [6.45, 7) is 2.09. The number of H-pyrrole nitrogens is 1. The van der Waals surface area contributed by atoms with E-state index in [0.717, 1.165) is 11.9 Å². The number of hydrogen-bond acceptors (Lipinski definition) is 1. The highest BCUT2D eigenvalue weighted by Crippen LogP contribution is 2.28. The average molecular weight is 271 g/mol.